The Balaban J connectivity index is 2.03. The molecule has 1 unspecified atom stereocenters. The van der Waals surface area contributed by atoms with Crippen LogP contribution in [0.2, 0.25) is 5.02 Å². The van der Waals surface area contributed by atoms with Crippen LogP contribution in [-0.4, -0.2) is 6.04 Å². The molecule has 1 atom stereocenters. The van der Waals surface area contributed by atoms with Gasteiger partial charge in [0.1, 0.15) is 0 Å². The minimum Gasteiger partial charge on any atom is -0.327 e. The second kappa shape index (κ2) is 6.13. The first-order chi connectivity index (χ1) is 9.06. The quantitative estimate of drug-likeness (QED) is 0.908. The van der Waals surface area contributed by atoms with E-state index in [0.29, 0.717) is 23.4 Å². The molecule has 0 heterocycles. The Morgan fingerprint density at radius 1 is 1.00 bits per heavy atom. The Bertz CT molecular complexity index is 555. The van der Waals surface area contributed by atoms with E-state index in [4.69, 9.17) is 17.3 Å². The molecule has 0 saturated carbocycles. The highest BCUT2D eigenvalue weighted by Gasteiger charge is 2.12. The number of benzene rings is 2. The van der Waals surface area contributed by atoms with Gasteiger partial charge in [-0.05, 0) is 42.2 Å². The largest absolute Gasteiger partial charge is 0.327 e. The van der Waals surface area contributed by atoms with Gasteiger partial charge in [0, 0.05) is 11.1 Å². The summed E-state index contributed by atoms with van der Waals surface area (Å²) in [4.78, 5) is 0. The third kappa shape index (κ3) is 3.75. The second-order valence-corrected chi connectivity index (χ2v) is 4.94. The van der Waals surface area contributed by atoms with E-state index in [1.165, 1.54) is 6.07 Å². The average molecular weight is 282 g/mol. The maximum Gasteiger partial charge on any atom is 0.162 e. The van der Waals surface area contributed by atoms with E-state index < -0.39 is 11.6 Å². The normalized spacial score (nSPS) is 12.4. The molecule has 0 aliphatic rings. The van der Waals surface area contributed by atoms with Crippen molar-refractivity contribution in [1.82, 2.24) is 0 Å². The molecule has 0 spiro atoms. The van der Waals surface area contributed by atoms with Crippen molar-refractivity contribution in [3.63, 3.8) is 0 Å². The van der Waals surface area contributed by atoms with Gasteiger partial charge in [0.25, 0.3) is 0 Å². The third-order valence-electron chi connectivity index (χ3n) is 2.92. The van der Waals surface area contributed by atoms with Crippen molar-refractivity contribution in [2.75, 3.05) is 0 Å². The number of nitrogens with two attached hydrogens (primary N) is 1. The zero-order valence-electron chi connectivity index (χ0n) is 10.2. The average Bonchev–Trinajstić information content (AvgIpc) is 2.38. The number of hydrogen-bond donors (Lipinski definition) is 1. The van der Waals surface area contributed by atoms with Crippen molar-refractivity contribution in [3.8, 4) is 0 Å². The van der Waals surface area contributed by atoms with Crippen molar-refractivity contribution in [1.29, 1.82) is 0 Å². The molecule has 19 heavy (non-hydrogen) atoms. The number of halogens is 3. The molecule has 0 aliphatic heterocycles. The van der Waals surface area contributed by atoms with Gasteiger partial charge in [0.05, 0.1) is 0 Å². The van der Waals surface area contributed by atoms with Crippen LogP contribution in [0.5, 0.6) is 0 Å². The Labute approximate surface area is 116 Å². The number of hydrogen-bond acceptors (Lipinski definition) is 1. The highest BCUT2D eigenvalue weighted by atomic mass is 35.5. The molecule has 0 bridgehead atoms. The summed E-state index contributed by atoms with van der Waals surface area (Å²) in [6, 6.07) is 11.2. The van der Waals surface area contributed by atoms with Crippen LogP contribution in [0.1, 0.15) is 11.1 Å². The van der Waals surface area contributed by atoms with Gasteiger partial charge in [-0.2, -0.15) is 0 Å². The summed E-state index contributed by atoms with van der Waals surface area (Å²) in [5.41, 5.74) is 7.30. The zero-order chi connectivity index (χ0) is 13.8. The highest BCUT2D eigenvalue weighted by molar-refractivity contribution is 6.30. The van der Waals surface area contributed by atoms with Crippen LogP contribution in [0.25, 0.3) is 0 Å². The third-order valence-corrected chi connectivity index (χ3v) is 3.18. The van der Waals surface area contributed by atoms with Crippen molar-refractivity contribution in [2.24, 2.45) is 5.73 Å². The van der Waals surface area contributed by atoms with E-state index in [2.05, 4.69) is 0 Å². The Morgan fingerprint density at radius 3 is 2.37 bits per heavy atom. The van der Waals surface area contributed by atoms with Gasteiger partial charge in [-0.3, -0.25) is 0 Å². The summed E-state index contributed by atoms with van der Waals surface area (Å²) >= 11 is 5.79. The molecule has 4 heteroatoms. The first-order valence-electron chi connectivity index (χ1n) is 5.99. The predicted molar refractivity (Wildman–Crippen MR) is 73.2 cm³/mol. The first kappa shape index (κ1) is 14.0. The van der Waals surface area contributed by atoms with E-state index in [0.717, 1.165) is 11.6 Å². The fourth-order valence-electron chi connectivity index (χ4n) is 1.98. The molecular weight excluding hydrogens is 268 g/mol. The SMILES string of the molecule is NC(Cc1ccc(Cl)cc1)Cc1cccc(F)c1F. The lowest BCUT2D eigenvalue weighted by atomic mass is 9.99. The minimum atomic E-state index is -0.837. The molecule has 0 aromatic heterocycles. The van der Waals surface area contributed by atoms with Crippen LogP contribution < -0.4 is 5.73 Å². The van der Waals surface area contributed by atoms with Gasteiger partial charge < -0.3 is 5.73 Å². The van der Waals surface area contributed by atoms with Gasteiger partial charge in [-0.25, -0.2) is 8.78 Å². The molecule has 1 nitrogen and oxygen atoms in total. The Hall–Kier alpha value is -1.45. The van der Waals surface area contributed by atoms with Crippen LogP contribution in [-0.2, 0) is 12.8 Å². The second-order valence-electron chi connectivity index (χ2n) is 4.51. The molecule has 0 aliphatic carbocycles. The van der Waals surface area contributed by atoms with Gasteiger partial charge in [-0.15, -0.1) is 0 Å². The molecule has 0 fully saturated rings. The highest BCUT2D eigenvalue weighted by Crippen LogP contribution is 2.15. The Morgan fingerprint density at radius 2 is 1.68 bits per heavy atom. The van der Waals surface area contributed by atoms with E-state index >= 15 is 0 Å². The van der Waals surface area contributed by atoms with Crippen molar-refractivity contribution < 1.29 is 8.78 Å². The summed E-state index contributed by atoms with van der Waals surface area (Å²) in [6.07, 6.45) is 0.888. The van der Waals surface area contributed by atoms with Crippen molar-refractivity contribution in [2.45, 2.75) is 18.9 Å². The maximum atomic E-state index is 13.5. The predicted octanol–water partition coefficient (Wildman–Crippen LogP) is 3.73. The standard InChI is InChI=1S/C15H14ClF2N/c16-12-6-4-10(5-7-12)8-13(19)9-11-2-1-3-14(17)15(11)18/h1-7,13H,8-9,19H2. The molecular formula is C15H14ClF2N. The monoisotopic (exact) mass is 281 g/mol. The van der Waals surface area contributed by atoms with Crippen LogP contribution in [0, 0.1) is 11.6 Å². The molecule has 2 aromatic rings. The van der Waals surface area contributed by atoms with Gasteiger partial charge in [-0.1, -0.05) is 35.9 Å². The molecule has 100 valence electrons. The molecule has 2 N–H and O–H groups in total. The smallest absolute Gasteiger partial charge is 0.162 e. The van der Waals surface area contributed by atoms with E-state index in [1.807, 2.05) is 12.1 Å². The van der Waals surface area contributed by atoms with Crippen LogP contribution in [0.15, 0.2) is 42.5 Å². The summed E-state index contributed by atoms with van der Waals surface area (Å²) < 4.78 is 26.6. The zero-order valence-corrected chi connectivity index (χ0v) is 11.0. The fourth-order valence-corrected chi connectivity index (χ4v) is 2.11. The summed E-state index contributed by atoms with van der Waals surface area (Å²) in [5, 5.41) is 0.661. The molecule has 2 rings (SSSR count). The van der Waals surface area contributed by atoms with Crippen LogP contribution in [0.4, 0.5) is 8.78 Å². The molecule has 0 radical (unpaired) electrons. The summed E-state index contributed by atoms with van der Waals surface area (Å²) in [5.74, 6) is -1.65. The lowest BCUT2D eigenvalue weighted by molar-refractivity contribution is 0.492. The summed E-state index contributed by atoms with van der Waals surface area (Å²) in [7, 11) is 0. The molecule has 0 amide bonds. The van der Waals surface area contributed by atoms with Crippen LogP contribution in [0.3, 0.4) is 0 Å². The topological polar surface area (TPSA) is 26.0 Å². The van der Waals surface area contributed by atoms with E-state index in [-0.39, 0.29) is 6.04 Å². The van der Waals surface area contributed by atoms with Gasteiger partial charge >= 0.3 is 0 Å². The summed E-state index contributed by atoms with van der Waals surface area (Å²) in [6.45, 7) is 0. The Kier molecular flexibility index (Phi) is 4.51. The van der Waals surface area contributed by atoms with E-state index in [9.17, 15) is 8.78 Å². The van der Waals surface area contributed by atoms with Crippen LogP contribution >= 0.6 is 11.6 Å². The minimum absolute atomic E-state index is 0.266. The lowest BCUT2D eigenvalue weighted by Gasteiger charge is -2.12. The molecule has 2 aromatic carbocycles. The van der Waals surface area contributed by atoms with E-state index in [1.54, 1.807) is 18.2 Å². The maximum absolute atomic E-state index is 13.5. The van der Waals surface area contributed by atoms with Gasteiger partial charge in [0.15, 0.2) is 11.6 Å². The molecule has 0 saturated heterocycles. The lowest BCUT2D eigenvalue weighted by Crippen LogP contribution is -2.26. The first-order valence-corrected chi connectivity index (χ1v) is 6.37. The van der Waals surface area contributed by atoms with Gasteiger partial charge in [0.2, 0.25) is 0 Å². The number of rotatable bonds is 4. The van der Waals surface area contributed by atoms with Crippen molar-refractivity contribution in [3.05, 3.63) is 70.2 Å². The fraction of sp³-hybridized carbons (Fsp3) is 0.200. The van der Waals surface area contributed by atoms with Crippen molar-refractivity contribution >= 4 is 11.6 Å².